The quantitative estimate of drug-likeness (QED) is 0.569. The van der Waals surface area contributed by atoms with Crippen molar-refractivity contribution in [3.63, 3.8) is 0 Å². The van der Waals surface area contributed by atoms with Gasteiger partial charge in [0.15, 0.2) is 0 Å². The van der Waals surface area contributed by atoms with E-state index < -0.39 is 11.7 Å². The van der Waals surface area contributed by atoms with Gasteiger partial charge >= 0.3 is 12.2 Å². The maximum absolute atomic E-state index is 12.9. The van der Waals surface area contributed by atoms with Crippen molar-refractivity contribution in [1.29, 1.82) is 0 Å². The highest BCUT2D eigenvalue weighted by atomic mass is 19.4. The maximum atomic E-state index is 12.9. The standard InChI is InChI=1S/C20H21F3N4O/c1-12(2)15-10-14(20(21,22)23)7-6-13(15)8-9-24-19(28)26-17-4-3-5-18-16(17)11-25-27-18/h3-7,10-12H,8-9H2,1-2H3,(H,25,27)(H2,24,26,28). The van der Waals surface area contributed by atoms with Crippen LogP contribution in [0.1, 0.15) is 36.5 Å². The third-order valence-electron chi connectivity index (χ3n) is 4.51. The Morgan fingerprint density at radius 1 is 1.21 bits per heavy atom. The van der Waals surface area contributed by atoms with Crippen molar-refractivity contribution < 1.29 is 18.0 Å². The van der Waals surface area contributed by atoms with E-state index in [-0.39, 0.29) is 11.9 Å². The average molecular weight is 390 g/mol. The van der Waals surface area contributed by atoms with Gasteiger partial charge in [0.25, 0.3) is 0 Å². The van der Waals surface area contributed by atoms with E-state index in [2.05, 4.69) is 20.8 Å². The molecule has 1 aromatic heterocycles. The summed E-state index contributed by atoms with van der Waals surface area (Å²) in [7, 11) is 0. The van der Waals surface area contributed by atoms with Crippen LogP contribution in [0.3, 0.4) is 0 Å². The molecule has 0 spiro atoms. The number of nitrogens with zero attached hydrogens (tertiary/aromatic N) is 1. The minimum atomic E-state index is -4.37. The Balaban J connectivity index is 1.63. The van der Waals surface area contributed by atoms with E-state index in [1.165, 1.54) is 12.1 Å². The summed E-state index contributed by atoms with van der Waals surface area (Å²) < 4.78 is 38.8. The van der Waals surface area contributed by atoms with Gasteiger partial charge < -0.3 is 10.6 Å². The molecule has 0 aliphatic rings. The molecule has 0 bridgehead atoms. The number of nitrogens with one attached hydrogen (secondary N) is 3. The summed E-state index contributed by atoms with van der Waals surface area (Å²) in [6, 6.07) is 8.80. The van der Waals surface area contributed by atoms with Gasteiger partial charge in [-0.15, -0.1) is 0 Å². The molecule has 3 aromatic rings. The topological polar surface area (TPSA) is 69.8 Å². The molecule has 0 atom stereocenters. The van der Waals surface area contributed by atoms with Crippen LogP contribution in [0.5, 0.6) is 0 Å². The first-order chi connectivity index (χ1) is 13.3. The third-order valence-corrected chi connectivity index (χ3v) is 4.51. The van der Waals surface area contributed by atoms with Crippen LogP contribution in [-0.4, -0.2) is 22.8 Å². The van der Waals surface area contributed by atoms with Crippen LogP contribution in [-0.2, 0) is 12.6 Å². The minimum absolute atomic E-state index is 0.0511. The fourth-order valence-electron chi connectivity index (χ4n) is 3.09. The number of anilines is 1. The van der Waals surface area contributed by atoms with Gasteiger partial charge in [-0.25, -0.2) is 4.79 Å². The van der Waals surface area contributed by atoms with Crippen LogP contribution in [0.15, 0.2) is 42.6 Å². The molecule has 1 heterocycles. The van der Waals surface area contributed by atoms with Crippen molar-refractivity contribution in [3.05, 3.63) is 59.3 Å². The molecule has 2 aromatic carbocycles. The Hall–Kier alpha value is -3.03. The summed E-state index contributed by atoms with van der Waals surface area (Å²) in [4.78, 5) is 12.2. The molecule has 3 rings (SSSR count). The number of carbonyl (C=O) groups excluding carboxylic acids is 1. The number of benzene rings is 2. The molecule has 0 unspecified atom stereocenters. The van der Waals surface area contributed by atoms with Gasteiger partial charge in [0.1, 0.15) is 0 Å². The van der Waals surface area contributed by atoms with Crippen molar-refractivity contribution in [1.82, 2.24) is 15.5 Å². The fourth-order valence-corrected chi connectivity index (χ4v) is 3.09. The first kappa shape index (κ1) is 19.7. The molecule has 28 heavy (non-hydrogen) atoms. The molecule has 0 aliphatic heterocycles. The van der Waals surface area contributed by atoms with E-state index in [1.54, 1.807) is 18.3 Å². The summed E-state index contributed by atoms with van der Waals surface area (Å²) in [5, 5.41) is 13.1. The Labute approximate surface area is 160 Å². The van der Waals surface area contributed by atoms with Gasteiger partial charge in [-0.2, -0.15) is 18.3 Å². The first-order valence-corrected chi connectivity index (χ1v) is 8.92. The zero-order valence-corrected chi connectivity index (χ0v) is 15.5. The van der Waals surface area contributed by atoms with Crippen molar-refractivity contribution in [2.24, 2.45) is 0 Å². The molecule has 8 heteroatoms. The molecule has 148 valence electrons. The monoisotopic (exact) mass is 390 g/mol. The zero-order valence-electron chi connectivity index (χ0n) is 15.5. The number of hydrogen-bond acceptors (Lipinski definition) is 2. The largest absolute Gasteiger partial charge is 0.416 e. The number of aromatic nitrogens is 2. The number of amides is 2. The highest BCUT2D eigenvalue weighted by Gasteiger charge is 2.31. The first-order valence-electron chi connectivity index (χ1n) is 8.92. The molecule has 3 N–H and O–H groups in total. The average Bonchev–Trinajstić information content (AvgIpc) is 3.10. The van der Waals surface area contributed by atoms with Crippen molar-refractivity contribution >= 4 is 22.6 Å². The van der Waals surface area contributed by atoms with Gasteiger partial charge in [-0.3, -0.25) is 5.10 Å². The van der Waals surface area contributed by atoms with Gasteiger partial charge in [-0.1, -0.05) is 26.0 Å². The van der Waals surface area contributed by atoms with Gasteiger partial charge in [-0.05, 0) is 47.7 Å². The maximum Gasteiger partial charge on any atom is 0.416 e. The number of hydrogen-bond donors (Lipinski definition) is 3. The Morgan fingerprint density at radius 3 is 2.71 bits per heavy atom. The van der Waals surface area contributed by atoms with E-state index in [0.29, 0.717) is 24.2 Å². The lowest BCUT2D eigenvalue weighted by atomic mass is 9.93. The third kappa shape index (κ3) is 4.44. The zero-order chi connectivity index (χ0) is 20.3. The van der Waals surface area contributed by atoms with Crippen LogP contribution in [0.25, 0.3) is 10.9 Å². The molecule has 0 fully saturated rings. The summed E-state index contributed by atoms with van der Waals surface area (Å²) in [6.07, 6.45) is -2.30. The number of halogens is 3. The molecule has 2 amide bonds. The van der Waals surface area contributed by atoms with Gasteiger partial charge in [0.2, 0.25) is 0 Å². The second kappa shape index (κ2) is 7.92. The van der Waals surface area contributed by atoms with Gasteiger partial charge in [0.05, 0.1) is 23.0 Å². The van der Waals surface area contributed by atoms with E-state index in [9.17, 15) is 18.0 Å². The van der Waals surface area contributed by atoms with E-state index in [0.717, 1.165) is 22.5 Å². The lowest BCUT2D eigenvalue weighted by Gasteiger charge is -2.16. The Morgan fingerprint density at radius 2 is 2.00 bits per heavy atom. The van der Waals surface area contributed by atoms with Crippen LogP contribution < -0.4 is 10.6 Å². The smallest absolute Gasteiger partial charge is 0.338 e. The Kier molecular flexibility index (Phi) is 5.58. The fraction of sp³-hybridized carbons (Fsp3) is 0.300. The number of H-pyrrole nitrogens is 1. The predicted octanol–water partition coefficient (Wildman–Crippen LogP) is 5.07. The number of rotatable bonds is 5. The van der Waals surface area contributed by atoms with Crippen molar-refractivity contribution in [2.75, 3.05) is 11.9 Å². The van der Waals surface area contributed by atoms with Crippen LogP contribution in [0.2, 0.25) is 0 Å². The summed E-state index contributed by atoms with van der Waals surface area (Å²) in [6.45, 7) is 4.01. The lowest BCUT2D eigenvalue weighted by molar-refractivity contribution is -0.137. The molecule has 5 nitrogen and oxygen atoms in total. The van der Waals surface area contributed by atoms with Crippen LogP contribution in [0.4, 0.5) is 23.7 Å². The minimum Gasteiger partial charge on any atom is -0.338 e. The number of carbonyl (C=O) groups is 1. The number of alkyl halides is 3. The van der Waals surface area contributed by atoms with Crippen molar-refractivity contribution in [3.8, 4) is 0 Å². The van der Waals surface area contributed by atoms with Crippen LogP contribution >= 0.6 is 0 Å². The number of urea groups is 1. The molecule has 0 radical (unpaired) electrons. The summed E-state index contributed by atoms with van der Waals surface area (Å²) >= 11 is 0. The molecular weight excluding hydrogens is 369 g/mol. The molecule has 0 saturated heterocycles. The SMILES string of the molecule is CC(C)c1cc(C(F)(F)F)ccc1CCNC(=O)Nc1cccc2[nH]ncc12. The molecule has 0 saturated carbocycles. The second-order valence-electron chi connectivity index (χ2n) is 6.83. The van der Waals surface area contributed by atoms with E-state index in [1.807, 2.05) is 19.9 Å². The van der Waals surface area contributed by atoms with E-state index >= 15 is 0 Å². The lowest BCUT2D eigenvalue weighted by Crippen LogP contribution is -2.30. The van der Waals surface area contributed by atoms with Crippen molar-refractivity contribution in [2.45, 2.75) is 32.4 Å². The number of aromatic amines is 1. The molecule has 0 aliphatic carbocycles. The summed E-state index contributed by atoms with van der Waals surface area (Å²) in [5.74, 6) is -0.0511. The van der Waals surface area contributed by atoms with E-state index in [4.69, 9.17) is 0 Å². The Bertz CT molecular complexity index is 979. The highest BCUT2D eigenvalue weighted by Crippen LogP contribution is 2.32. The molecular formula is C20H21F3N4O. The number of fused-ring (bicyclic) bond motifs is 1. The second-order valence-corrected chi connectivity index (χ2v) is 6.83. The van der Waals surface area contributed by atoms with Crippen LogP contribution in [0, 0.1) is 0 Å². The predicted molar refractivity (Wildman–Crippen MR) is 102 cm³/mol. The van der Waals surface area contributed by atoms with Gasteiger partial charge in [0, 0.05) is 11.9 Å². The normalized spacial score (nSPS) is 11.8. The highest BCUT2D eigenvalue weighted by molar-refractivity contribution is 6.00. The summed E-state index contributed by atoms with van der Waals surface area (Å²) in [5.41, 5.74) is 2.21.